The van der Waals surface area contributed by atoms with Crippen molar-refractivity contribution in [2.24, 2.45) is 14.1 Å². The van der Waals surface area contributed by atoms with Crippen LogP contribution >= 0.6 is 0 Å². The normalized spacial score (nSPS) is 13.5. The Morgan fingerprint density at radius 1 is 1.00 bits per heavy atom. The van der Waals surface area contributed by atoms with Crippen LogP contribution in [0, 0.1) is 0 Å². The van der Waals surface area contributed by atoms with Crippen molar-refractivity contribution in [2.75, 3.05) is 0 Å². The summed E-state index contributed by atoms with van der Waals surface area (Å²) < 4.78 is 125. The molecule has 5 nitrogen and oxygen atoms in total. The van der Waals surface area contributed by atoms with Gasteiger partial charge in [0.2, 0.25) is 0 Å². The van der Waals surface area contributed by atoms with Crippen molar-refractivity contribution in [1.29, 1.82) is 0 Å². The van der Waals surface area contributed by atoms with Gasteiger partial charge < -0.3 is 4.55 Å². The monoisotopic (exact) mass is 414 g/mol. The highest BCUT2D eigenvalue weighted by molar-refractivity contribution is 7.86. The summed E-state index contributed by atoms with van der Waals surface area (Å²) in [4.78, 5) is 0. The van der Waals surface area contributed by atoms with Gasteiger partial charge in [-0.2, -0.15) is 35.1 Å². The second kappa shape index (κ2) is 6.64. The van der Waals surface area contributed by atoms with Crippen LogP contribution in [0.3, 0.4) is 0 Å². The Kier molecular flexibility index (Phi) is 5.64. The lowest BCUT2D eigenvalue weighted by molar-refractivity contribution is -0.667. The molecule has 1 aromatic heterocycles. The van der Waals surface area contributed by atoms with Gasteiger partial charge in [0.25, 0.3) is 0 Å². The van der Waals surface area contributed by atoms with Gasteiger partial charge in [0.05, 0.1) is 14.1 Å². The van der Waals surface area contributed by atoms with E-state index >= 15 is 0 Å². The summed E-state index contributed by atoms with van der Waals surface area (Å²) >= 11 is 0. The first-order valence-electron chi connectivity index (χ1n) is 6.33. The molecule has 0 aliphatic carbocycles. The summed E-state index contributed by atoms with van der Waals surface area (Å²) in [5.41, 5.74) is -5.01. The highest BCUT2D eigenvalue weighted by Gasteiger charge is 2.66. The lowest BCUT2D eigenvalue weighted by atomic mass is 10.3. The molecule has 0 bridgehead atoms. The summed E-state index contributed by atoms with van der Waals surface area (Å²) in [7, 11) is -3.71. The number of hydrogen-bond acceptors (Lipinski definition) is 3. The van der Waals surface area contributed by atoms with E-state index in [0.717, 1.165) is 9.13 Å². The van der Waals surface area contributed by atoms with Crippen LogP contribution in [0.2, 0.25) is 0 Å². The SMILES string of the molecule is Cn1c(C(F)(F)C(F)(F)F)[n+](C)c2ccccc21.O=S(=O)([O-])C(F)(F)F. The van der Waals surface area contributed by atoms with E-state index in [1.807, 2.05) is 0 Å². The number of para-hydroxylation sites is 2. The van der Waals surface area contributed by atoms with Crippen molar-refractivity contribution in [1.82, 2.24) is 4.57 Å². The van der Waals surface area contributed by atoms with E-state index in [9.17, 15) is 35.1 Å². The van der Waals surface area contributed by atoms with Crippen LogP contribution in [0.4, 0.5) is 35.1 Å². The zero-order valence-corrected chi connectivity index (χ0v) is 13.7. The van der Waals surface area contributed by atoms with Crippen LogP contribution in [0.1, 0.15) is 5.82 Å². The Hall–Kier alpha value is -1.96. The second-order valence-corrected chi connectivity index (χ2v) is 6.27. The molecule has 0 fully saturated rings. The third-order valence-electron chi connectivity index (χ3n) is 3.16. The van der Waals surface area contributed by atoms with Crippen LogP contribution < -0.4 is 4.57 Å². The van der Waals surface area contributed by atoms with Crippen LogP contribution in [0.5, 0.6) is 0 Å². The topological polar surface area (TPSA) is 66.0 Å². The summed E-state index contributed by atoms with van der Waals surface area (Å²) in [6, 6.07) is 6.15. The number of benzene rings is 1. The minimum absolute atomic E-state index is 0.318. The fourth-order valence-corrected chi connectivity index (χ4v) is 2.03. The van der Waals surface area contributed by atoms with Gasteiger partial charge in [0, 0.05) is 0 Å². The molecule has 0 spiro atoms. The molecule has 0 amide bonds. The number of alkyl halides is 8. The average molecular weight is 414 g/mol. The van der Waals surface area contributed by atoms with Crippen molar-refractivity contribution in [3.63, 3.8) is 0 Å². The first kappa shape index (κ1) is 22.1. The van der Waals surface area contributed by atoms with Crippen LogP contribution in [-0.2, 0) is 30.1 Å². The average Bonchev–Trinajstić information content (AvgIpc) is 2.69. The highest BCUT2D eigenvalue weighted by atomic mass is 32.2. The Morgan fingerprint density at radius 3 is 1.77 bits per heavy atom. The highest BCUT2D eigenvalue weighted by Crippen LogP contribution is 2.43. The number of aryl methyl sites for hydroxylation is 2. The molecule has 0 N–H and O–H groups in total. The molecule has 2 aromatic rings. The maximum absolute atomic E-state index is 13.5. The van der Waals surface area contributed by atoms with E-state index in [1.165, 1.54) is 26.2 Å². The smallest absolute Gasteiger partial charge is 0.485 e. The van der Waals surface area contributed by atoms with Crippen molar-refractivity contribution in [3.05, 3.63) is 30.1 Å². The molecule has 0 aliphatic heterocycles. The molecule has 0 unspecified atom stereocenters. The molecule has 1 aromatic carbocycles. The predicted molar refractivity (Wildman–Crippen MR) is 69.8 cm³/mol. The van der Waals surface area contributed by atoms with Crippen molar-refractivity contribution >= 4 is 21.2 Å². The molecule has 2 rings (SSSR count). The van der Waals surface area contributed by atoms with E-state index in [1.54, 1.807) is 12.1 Å². The van der Waals surface area contributed by atoms with Gasteiger partial charge in [-0.1, -0.05) is 12.1 Å². The van der Waals surface area contributed by atoms with E-state index < -0.39 is 33.5 Å². The van der Waals surface area contributed by atoms with Crippen molar-refractivity contribution in [2.45, 2.75) is 17.6 Å². The number of halogens is 8. The maximum atomic E-state index is 13.5. The quantitative estimate of drug-likeness (QED) is 0.312. The zero-order valence-electron chi connectivity index (χ0n) is 12.9. The largest absolute Gasteiger partial charge is 0.741 e. The maximum Gasteiger partial charge on any atom is 0.485 e. The number of aromatic nitrogens is 2. The van der Waals surface area contributed by atoms with Crippen LogP contribution in [-0.4, -0.2) is 29.2 Å². The molecule has 148 valence electrons. The van der Waals surface area contributed by atoms with Crippen LogP contribution in [0.25, 0.3) is 11.0 Å². The Bertz CT molecular complexity index is 861. The van der Waals surface area contributed by atoms with Crippen molar-refractivity contribution < 1.29 is 52.7 Å². The molecule has 1 heterocycles. The molecule has 0 atom stereocenters. The second-order valence-electron chi connectivity index (χ2n) is 4.90. The fraction of sp³-hybridized carbons (Fsp3) is 0.417. The van der Waals surface area contributed by atoms with E-state index in [-0.39, 0.29) is 0 Å². The third kappa shape index (κ3) is 4.06. The summed E-state index contributed by atoms with van der Waals surface area (Å²) in [6.07, 6.45) is -5.62. The lowest BCUT2D eigenvalue weighted by Crippen LogP contribution is -2.46. The van der Waals surface area contributed by atoms with Gasteiger partial charge in [-0.15, -0.1) is 0 Å². The number of rotatable bonds is 1. The minimum Gasteiger partial charge on any atom is -0.741 e. The minimum atomic E-state index is -6.09. The number of hydrogen-bond donors (Lipinski definition) is 0. The summed E-state index contributed by atoms with van der Waals surface area (Å²) in [5.74, 6) is -5.98. The van der Waals surface area contributed by atoms with Gasteiger partial charge in [-0.25, -0.2) is 17.6 Å². The van der Waals surface area contributed by atoms with Gasteiger partial charge in [0.1, 0.15) is 0 Å². The standard InChI is InChI=1S/C11H10F5N2.CHF3O3S/c1-17-7-5-3-4-6-8(7)18(2)9(17)10(12,13)11(14,15)16;2-1(3,4)8(5,6)7/h3-6H,1-2H3;(H,5,6,7)/q+1;/p-1. The van der Waals surface area contributed by atoms with Crippen molar-refractivity contribution in [3.8, 4) is 0 Å². The van der Waals surface area contributed by atoms with E-state index in [2.05, 4.69) is 0 Å². The van der Waals surface area contributed by atoms with Gasteiger partial charge >= 0.3 is 23.4 Å². The first-order valence-corrected chi connectivity index (χ1v) is 7.74. The molecule has 0 saturated carbocycles. The van der Waals surface area contributed by atoms with Gasteiger partial charge in [-0.3, -0.25) is 0 Å². The number of nitrogens with zero attached hydrogens (tertiary/aromatic N) is 2. The number of imidazole rings is 1. The van der Waals surface area contributed by atoms with Gasteiger partial charge in [0.15, 0.2) is 21.2 Å². The molecule has 0 radical (unpaired) electrons. The first-order chi connectivity index (χ1) is 11.4. The third-order valence-corrected chi connectivity index (χ3v) is 3.73. The Balaban J connectivity index is 0.000000359. The summed E-state index contributed by atoms with van der Waals surface area (Å²) in [5, 5.41) is 0. The molecule has 26 heavy (non-hydrogen) atoms. The molecule has 0 aliphatic rings. The predicted octanol–water partition coefficient (Wildman–Crippen LogP) is 2.71. The molecule has 14 heteroatoms. The van der Waals surface area contributed by atoms with Gasteiger partial charge in [-0.05, 0) is 12.1 Å². The molecule has 0 saturated heterocycles. The summed E-state index contributed by atoms with van der Waals surface area (Å²) in [6.45, 7) is 0. The van der Waals surface area contributed by atoms with Crippen LogP contribution in [0.15, 0.2) is 24.3 Å². The number of fused-ring (bicyclic) bond motifs is 1. The Labute approximate surface area is 141 Å². The molecular weight excluding hydrogens is 404 g/mol. The Morgan fingerprint density at radius 2 is 1.42 bits per heavy atom. The van der Waals surface area contributed by atoms with E-state index in [4.69, 9.17) is 13.0 Å². The van der Waals surface area contributed by atoms with E-state index in [0.29, 0.717) is 11.0 Å². The lowest BCUT2D eigenvalue weighted by Gasteiger charge is -2.16. The fourth-order valence-electron chi connectivity index (χ4n) is 2.03. The zero-order chi connectivity index (χ0) is 20.7. The molecular formula is C12H10F8N2O3S.